The normalized spacial score (nSPS) is 15.3. The third-order valence-corrected chi connectivity index (χ3v) is 7.14. The first kappa shape index (κ1) is 20.5. The molecule has 1 aliphatic rings. The number of nitrogens with zero attached hydrogens (tertiary/aromatic N) is 5. The Labute approximate surface area is 179 Å². The van der Waals surface area contributed by atoms with E-state index in [4.69, 9.17) is 11.6 Å². The van der Waals surface area contributed by atoms with Crippen molar-refractivity contribution in [2.45, 2.75) is 4.90 Å². The second kappa shape index (κ2) is 8.17. The van der Waals surface area contributed by atoms with Crippen LogP contribution in [0.4, 0.5) is 0 Å². The first-order valence-electron chi connectivity index (χ1n) is 9.35. The van der Waals surface area contributed by atoms with E-state index in [1.54, 1.807) is 60.7 Å². The standard InChI is InChI=1S/C20H20ClN5O3S/c1-24-14-18(19(23-24)15-6-8-22-9-7-15)30(28,29)26-12-10-25(11-13-26)20(27)16-2-4-17(21)5-3-16/h2-9,14H,10-13H2,1H3. The Morgan fingerprint density at radius 2 is 1.63 bits per heavy atom. The number of carbonyl (C=O) groups excluding carboxylic acids is 1. The first-order valence-corrected chi connectivity index (χ1v) is 11.2. The SMILES string of the molecule is Cn1cc(S(=O)(=O)N2CCN(C(=O)c3ccc(Cl)cc3)CC2)c(-c2ccncc2)n1. The van der Waals surface area contributed by atoms with Gasteiger partial charge in [0.25, 0.3) is 5.91 Å². The molecular formula is C20H20ClN5O3S. The smallest absolute Gasteiger partial charge is 0.253 e. The molecule has 0 radical (unpaired) electrons. The van der Waals surface area contributed by atoms with Gasteiger partial charge in [0.1, 0.15) is 10.6 Å². The molecule has 2 aromatic heterocycles. The fourth-order valence-electron chi connectivity index (χ4n) is 3.41. The van der Waals surface area contributed by atoms with Gasteiger partial charge >= 0.3 is 0 Å². The Morgan fingerprint density at radius 3 is 2.27 bits per heavy atom. The minimum Gasteiger partial charge on any atom is -0.336 e. The Kier molecular flexibility index (Phi) is 5.59. The summed E-state index contributed by atoms with van der Waals surface area (Å²) in [6.45, 7) is 1.05. The Balaban J connectivity index is 1.52. The maximum absolute atomic E-state index is 13.3. The van der Waals surface area contributed by atoms with Crippen LogP contribution in [0.5, 0.6) is 0 Å². The van der Waals surface area contributed by atoms with E-state index in [9.17, 15) is 13.2 Å². The number of aromatic nitrogens is 3. The minimum absolute atomic E-state index is 0.137. The fraction of sp³-hybridized carbons (Fsp3) is 0.250. The second-order valence-electron chi connectivity index (χ2n) is 6.95. The molecule has 10 heteroatoms. The zero-order valence-electron chi connectivity index (χ0n) is 16.3. The minimum atomic E-state index is -3.77. The number of rotatable bonds is 4. The molecule has 0 N–H and O–H groups in total. The number of hydrogen-bond acceptors (Lipinski definition) is 5. The Morgan fingerprint density at radius 1 is 1.00 bits per heavy atom. The van der Waals surface area contributed by atoms with Crippen LogP contribution in [0.1, 0.15) is 10.4 Å². The van der Waals surface area contributed by atoms with E-state index >= 15 is 0 Å². The summed E-state index contributed by atoms with van der Waals surface area (Å²) in [4.78, 5) is 18.5. The van der Waals surface area contributed by atoms with Crippen molar-refractivity contribution < 1.29 is 13.2 Å². The van der Waals surface area contributed by atoms with Crippen LogP contribution >= 0.6 is 11.6 Å². The summed E-state index contributed by atoms with van der Waals surface area (Å²) >= 11 is 5.88. The average molecular weight is 446 g/mol. The molecule has 1 aliphatic heterocycles. The van der Waals surface area contributed by atoms with Gasteiger partial charge in [0, 0.05) is 68.0 Å². The van der Waals surface area contributed by atoms with Gasteiger partial charge in [0.15, 0.2) is 0 Å². The van der Waals surface area contributed by atoms with Crippen LogP contribution in [0.25, 0.3) is 11.3 Å². The highest BCUT2D eigenvalue weighted by molar-refractivity contribution is 7.89. The molecule has 0 atom stereocenters. The molecular weight excluding hydrogens is 426 g/mol. The van der Waals surface area contributed by atoms with E-state index < -0.39 is 10.0 Å². The zero-order chi connectivity index (χ0) is 21.3. The van der Waals surface area contributed by atoms with E-state index in [1.807, 2.05) is 0 Å². The van der Waals surface area contributed by atoms with E-state index in [1.165, 1.54) is 15.2 Å². The number of carbonyl (C=O) groups is 1. The molecule has 0 saturated carbocycles. The highest BCUT2D eigenvalue weighted by Gasteiger charge is 2.33. The van der Waals surface area contributed by atoms with Crippen molar-refractivity contribution in [2.24, 2.45) is 7.05 Å². The van der Waals surface area contributed by atoms with Crippen LogP contribution in [-0.2, 0) is 17.1 Å². The molecule has 4 rings (SSSR count). The summed E-state index contributed by atoms with van der Waals surface area (Å²) in [5, 5.41) is 4.90. The van der Waals surface area contributed by atoms with Gasteiger partial charge in [0.2, 0.25) is 10.0 Å². The lowest BCUT2D eigenvalue weighted by molar-refractivity contribution is 0.0698. The van der Waals surface area contributed by atoms with Crippen molar-refractivity contribution in [1.29, 1.82) is 0 Å². The molecule has 3 aromatic rings. The van der Waals surface area contributed by atoms with Gasteiger partial charge in [-0.15, -0.1) is 0 Å². The lowest BCUT2D eigenvalue weighted by atomic mass is 10.2. The maximum Gasteiger partial charge on any atom is 0.253 e. The molecule has 156 valence electrons. The number of piperazine rings is 1. The van der Waals surface area contributed by atoms with Gasteiger partial charge in [-0.05, 0) is 36.4 Å². The van der Waals surface area contributed by atoms with Crippen LogP contribution in [-0.4, -0.2) is 64.5 Å². The molecule has 0 bridgehead atoms. The van der Waals surface area contributed by atoms with E-state index in [0.717, 1.165) is 0 Å². The van der Waals surface area contributed by atoms with Gasteiger partial charge < -0.3 is 4.90 Å². The lowest BCUT2D eigenvalue weighted by Gasteiger charge is -2.34. The number of aryl methyl sites for hydroxylation is 1. The monoisotopic (exact) mass is 445 g/mol. The number of halogens is 1. The fourth-order valence-corrected chi connectivity index (χ4v) is 5.15. The van der Waals surface area contributed by atoms with Gasteiger partial charge in [-0.2, -0.15) is 9.40 Å². The van der Waals surface area contributed by atoms with Crippen molar-refractivity contribution in [1.82, 2.24) is 24.0 Å². The predicted molar refractivity (Wildman–Crippen MR) is 113 cm³/mol. The first-order chi connectivity index (χ1) is 14.4. The molecule has 0 spiro atoms. The maximum atomic E-state index is 13.3. The molecule has 1 saturated heterocycles. The predicted octanol–water partition coefficient (Wildman–Crippen LogP) is 2.28. The highest BCUT2D eigenvalue weighted by Crippen LogP contribution is 2.28. The molecule has 1 fully saturated rings. The van der Waals surface area contributed by atoms with Crippen LogP contribution in [0.15, 0.2) is 59.9 Å². The molecule has 0 unspecified atom stereocenters. The van der Waals surface area contributed by atoms with Crippen molar-refractivity contribution in [3.05, 3.63) is 65.6 Å². The van der Waals surface area contributed by atoms with E-state index in [0.29, 0.717) is 34.9 Å². The molecule has 30 heavy (non-hydrogen) atoms. The summed E-state index contributed by atoms with van der Waals surface area (Å²) in [5.74, 6) is -0.137. The van der Waals surface area contributed by atoms with Gasteiger partial charge in [-0.1, -0.05) is 11.6 Å². The quantitative estimate of drug-likeness (QED) is 0.614. The Bertz CT molecular complexity index is 1150. The second-order valence-corrected chi connectivity index (χ2v) is 9.30. The zero-order valence-corrected chi connectivity index (χ0v) is 17.8. The average Bonchev–Trinajstić information content (AvgIpc) is 3.17. The highest BCUT2D eigenvalue weighted by atomic mass is 35.5. The number of benzene rings is 1. The summed E-state index contributed by atoms with van der Waals surface area (Å²) in [6, 6.07) is 10.1. The largest absolute Gasteiger partial charge is 0.336 e. The van der Waals surface area contributed by atoms with Crippen molar-refractivity contribution >= 4 is 27.5 Å². The van der Waals surface area contributed by atoms with E-state index in [-0.39, 0.29) is 23.9 Å². The number of hydrogen-bond donors (Lipinski definition) is 0. The molecule has 3 heterocycles. The number of sulfonamides is 1. The topological polar surface area (TPSA) is 88.4 Å². The number of amides is 1. The third kappa shape index (κ3) is 3.96. The van der Waals surface area contributed by atoms with Gasteiger partial charge in [0.05, 0.1) is 0 Å². The van der Waals surface area contributed by atoms with Crippen LogP contribution in [0.3, 0.4) is 0 Å². The van der Waals surface area contributed by atoms with Crippen molar-refractivity contribution in [3.63, 3.8) is 0 Å². The summed E-state index contributed by atoms with van der Waals surface area (Å²) < 4.78 is 29.5. The van der Waals surface area contributed by atoms with Gasteiger partial charge in [-0.25, -0.2) is 8.42 Å². The molecule has 1 aromatic carbocycles. The van der Waals surface area contributed by atoms with E-state index in [2.05, 4.69) is 10.1 Å². The summed E-state index contributed by atoms with van der Waals surface area (Å²) in [7, 11) is -2.08. The van der Waals surface area contributed by atoms with Crippen LogP contribution in [0.2, 0.25) is 5.02 Å². The third-order valence-electron chi connectivity index (χ3n) is 4.98. The molecule has 8 nitrogen and oxygen atoms in total. The molecule has 0 aliphatic carbocycles. The van der Waals surface area contributed by atoms with Crippen LogP contribution in [0, 0.1) is 0 Å². The molecule has 1 amide bonds. The van der Waals surface area contributed by atoms with Crippen LogP contribution < -0.4 is 0 Å². The summed E-state index contributed by atoms with van der Waals surface area (Å²) in [5.41, 5.74) is 1.60. The Hall–Kier alpha value is -2.75. The van der Waals surface area contributed by atoms with Crippen molar-refractivity contribution in [3.8, 4) is 11.3 Å². The number of pyridine rings is 1. The van der Waals surface area contributed by atoms with Crippen molar-refractivity contribution in [2.75, 3.05) is 26.2 Å². The van der Waals surface area contributed by atoms with Gasteiger partial charge in [-0.3, -0.25) is 14.5 Å². The summed E-state index contributed by atoms with van der Waals surface area (Å²) in [6.07, 6.45) is 4.71. The lowest BCUT2D eigenvalue weighted by Crippen LogP contribution is -2.50.